The first-order chi connectivity index (χ1) is 18.3. The number of hydrogen-bond donors (Lipinski definition) is 1. The molecule has 1 saturated heterocycles. The van der Waals surface area contributed by atoms with Crippen molar-refractivity contribution in [2.75, 3.05) is 32.2 Å². The molecule has 3 amide bonds. The van der Waals surface area contributed by atoms with E-state index >= 15 is 0 Å². The zero-order chi connectivity index (χ0) is 27.2. The standard InChI is InChI=1S/C27H23BrN2O7S/c1-3-36-21-12-16(11-19(28)25(21)37-15-24(32)35-2)13-22-26(33)30(27(34)38-22)14-23(31)29-20-10-6-8-17-7-4-5-9-18(17)20/h4-13H,3,14-15H2,1-2H3,(H,29,31)/b22-13-. The van der Waals surface area contributed by atoms with E-state index in [4.69, 9.17) is 9.47 Å². The second-order valence-corrected chi connectivity index (χ2v) is 9.82. The lowest BCUT2D eigenvalue weighted by Crippen LogP contribution is -2.36. The van der Waals surface area contributed by atoms with Gasteiger partial charge in [-0.15, -0.1) is 0 Å². The maximum atomic E-state index is 13.0. The van der Waals surface area contributed by atoms with Gasteiger partial charge in [0.25, 0.3) is 11.1 Å². The van der Waals surface area contributed by atoms with Crippen molar-refractivity contribution < 1.29 is 33.4 Å². The first-order valence-electron chi connectivity index (χ1n) is 11.5. The number of ether oxygens (including phenoxy) is 3. The lowest BCUT2D eigenvalue weighted by molar-refractivity contribution is -0.143. The van der Waals surface area contributed by atoms with Crippen molar-refractivity contribution in [3.63, 3.8) is 0 Å². The van der Waals surface area contributed by atoms with Crippen molar-refractivity contribution >= 4 is 73.3 Å². The van der Waals surface area contributed by atoms with E-state index in [1.165, 1.54) is 13.2 Å². The number of rotatable bonds is 9. The van der Waals surface area contributed by atoms with Crippen LogP contribution in [0.25, 0.3) is 16.8 Å². The van der Waals surface area contributed by atoms with Crippen LogP contribution in [0.15, 0.2) is 64.0 Å². The van der Waals surface area contributed by atoms with Gasteiger partial charge in [0.1, 0.15) is 6.54 Å². The summed E-state index contributed by atoms with van der Waals surface area (Å²) in [6.45, 7) is 1.39. The van der Waals surface area contributed by atoms with E-state index in [1.54, 1.807) is 25.1 Å². The van der Waals surface area contributed by atoms with Gasteiger partial charge in [0.2, 0.25) is 5.91 Å². The van der Waals surface area contributed by atoms with Crippen LogP contribution >= 0.6 is 27.7 Å². The molecule has 0 atom stereocenters. The Morgan fingerprint density at radius 1 is 1.08 bits per heavy atom. The molecule has 0 saturated carbocycles. The normalized spacial score (nSPS) is 14.2. The summed E-state index contributed by atoms with van der Waals surface area (Å²) in [4.78, 5) is 50.9. The number of amides is 3. The first kappa shape index (κ1) is 27.2. The van der Waals surface area contributed by atoms with Crippen LogP contribution in [0.5, 0.6) is 11.5 Å². The maximum absolute atomic E-state index is 13.0. The summed E-state index contributed by atoms with van der Waals surface area (Å²) >= 11 is 4.15. The quantitative estimate of drug-likeness (QED) is 0.263. The topological polar surface area (TPSA) is 111 Å². The molecule has 1 aliphatic rings. The fourth-order valence-electron chi connectivity index (χ4n) is 3.72. The second-order valence-electron chi connectivity index (χ2n) is 7.97. The van der Waals surface area contributed by atoms with Crippen molar-refractivity contribution in [1.29, 1.82) is 0 Å². The van der Waals surface area contributed by atoms with Gasteiger partial charge in [-0.05, 0) is 69.8 Å². The van der Waals surface area contributed by atoms with Crippen LogP contribution in [0.4, 0.5) is 10.5 Å². The fourth-order valence-corrected chi connectivity index (χ4v) is 5.13. The number of methoxy groups -OCH3 is 1. The number of benzene rings is 3. The van der Waals surface area contributed by atoms with Gasteiger partial charge < -0.3 is 19.5 Å². The van der Waals surface area contributed by atoms with E-state index < -0.39 is 29.6 Å². The molecule has 0 radical (unpaired) electrons. The van der Waals surface area contributed by atoms with Crippen molar-refractivity contribution in [1.82, 2.24) is 4.90 Å². The minimum absolute atomic E-state index is 0.158. The monoisotopic (exact) mass is 598 g/mol. The summed E-state index contributed by atoms with van der Waals surface area (Å²) in [5.74, 6) is -0.980. The minimum Gasteiger partial charge on any atom is -0.490 e. The van der Waals surface area contributed by atoms with Crippen LogP contribution in [0.3, 0.4) is 0 Å². The molecule has 3 aromatic rings. The number of fused-ring (bicyclic) bond motifs is 1. The second kappa shape index (κ2) is 12.1. The van der Waals surface area contributed by atoms with Crippen molar-refractivity contribution in [2.45, 2.75) is 6.92 Å². The summed E-state index contributed by atoms with van der Waals surface area (Å²) in [5.41, 5.74) is 1.15. The number of imide groups is 1. The molecule has 11 heteroatoms. The highest BCUT2D eigenvalue weighted by Gasteiger charge is 2.36. The Bertz CT molecular complexity index is 1450. The summed E-state index contributed by atoms with van der Waals surface area (Å²) < 4.78 is 16.2. The molecule has 0 unspecified atom stereocenters. The molecule has 1 N–H and O–H groups in total. The fraction of sp³-hybridized carbons (Fsp3) is 0.185. The Kier molecular flexibility index (Phi) is 8.70. The summed E-state index contributed by atoms with van der Waals surface area (Å²) in [7, 11) is 1.26. The van der Waals surface area contributed by atoms with E-state index in [0.717, 1.165) is 27.4 Å². The molecule has 4 rings (SSSR count). The van der Waals surface area contributed by atoms with E-state index in [9.17, 15) is 19.2 Å². The largest absolute Gasteiger partial charge is 0.490 e. The van der Waals surface area contributed by atoms with E-state index in [0.29, 0.717) is 33.8 Å². The highest BCUT2D eigenvalue weighted by molar-refractivity contribution is 9.10. The van der Waals surface area contributed by atoms with Gasteiger partial charge in [-0.25, -0.2) is 4.79 Å². The number of nitrogens with one attached hydrogen (secondary N) is 1. The predicted molar refractivity (Wildman–Crippen MR) is 148 cm³/mol. The molecule has 1 heterocycles. The highest BCUT2D eigenvalue weighted by Crippen LogP contribution is 2.39. The number of hydrogen-bond acceptors (Lipinski definition) is 8. The first-order valence-corrected chi connectivity index (χ1v) is 13.1. The molecule has 1 fully saturated rings. The van der Waals surface area contributed by atoms with Crippen molar-refractivity contribution in [3.05, 3.63) is 69.5 Å². The lowest BCUT2D eigenvalue weighted by atomic mass is 10.1. The van der Waals surface area contributed by atoms with Crippen LogP contribution in [-0.2, 0) is 19.1 Å². The van der Waals surface area contributed by atoms with E-state index in [2.05, 4.69) is 26.0 Å². The third kappa shape index (κ3) is 6.17. The molecule has 0 aliphatic carbocycles. The Labute approximate surface area is 231 Å². The molecule has 3 aromatic carbocycles. The van der Waals surface area contributed by atoms with Crippen LogP contribution < -0.4 is 14.8 Å². The Balaban J connectivity index is 1.50. The maximum Gasteiger partial charge on any atom is 0.343 e. The van der Waals surface area contributed by atoms with Gasteiger partial charge in [-0.3, -0.25) is 19.3 Å². The third-order valence-electron chi connectivity index (χ3n) is 5.43. The number of anilines is 1. The molecule has 0 spiro atoms. The molecule has 38 heavy (non-hydrogen) atoms. The van der Waals surface area contributed by atoms with E-state index in [-0.39, 0.29) is 11.5 Å². The summed E-state index contributed by atoms with van der Waals surface area (Å²) in [5, 5.41) is 4.06. The average molecular weight is 599 g/mol. The van der Waals surface area contributed by atoms with Gasteiger partial charge >= 0.3 is 5.97 Å². The Morgan fingerprint density at radius 3 is 2.61 bits per heavy atom. The number of thioether (sulfide) groups is 1. The third-order valence-corrected chi connectivity index (χ3v) is 6.93. The smallest absolute Gasteiger partial charge is 0.343 e. The molecule has 9 nitrogen and oxygen atoms in total. The number of halogens is 1. The van der Waals surface area contributed by atoms with Gasteiger partial charge in [0.05, 0.1) is 23.1 Å². The van der Waals surface area contributed by atoms with Crippen LogP contribution in [0.1, 0.15) is 12.5 Å². The predicted octanol–water partition coefficient (Wildman–Crippen LogP) is 5.23. The van der Waals surface area contributed by atoms with Gasteiger partial charge in [0.15, 0.2) is 18.1 Å². The van der Waals surface area contributed by atoms with Gasteiger partial charge in [-0.2, -0.15) is 0 Å². The van der Waals surface area contributed by atoms with Crippen LogP contribution in [0, 0.1) is 0 Å². The molecule has 1 aliphatic heterocycles. The lowest BCUT2D eigenvalue weighted by Gasteiger charge is -2.14. The van der Waals surface area contributed by atoms with Crippen molar-refractivity contribution in [3.8, 4) is 11.5 Å². The Morgan fingerprint density at radius 2 is 1.84 bits per heavy atom. The average Bonchev–Trinajstić information content (AvgIpc) is 3.15. The zero-order valence-electron chi connectivity index (χ0n) is 20.5. The molecular formula is C27H23BrN2O7S. The minimum atomic E-state index is -0.576. The molecule has 0 aromatic heterocycles. The number of esters is 1. The van der Waals surface area contributed by atoms with Gasteiger partial charge in [0, 0.05) is 11.1 Å². The van der Waals surface area contributed by atoms with Crippen LogP contribution in [-0.4, -0.2) is 54.8 Å². The summed E-state index contributed by atoms with van der Waals surface area (Å²) in [6, 6.07) is 16.4. The summed E-state index contributed by atoms with van der Waals surface area (Å²) in [6.07, 6.45) is 1.53. The van der Waals surface area contributed by atoms with Gasteiger partial charge in [-0.1, -0.05) is 36.4 Å². The highest BCUT2D eigenvalue weighted by atomic mass is 79.9. The molecule has 196 valence electrons. The number of carbonyl (C=O) groups excluding carboxylic acids is 4. The number of carbonyl (C=O) groups is 4. The number of nitrogens with zero attached hydrogens (tertiary/aromatic N) is 1. The van der Waals surface area contributed by atoms with Crippen molar-refractivity contribution in [2.24, 2.45) is 0 Å². The van der Waals surface area contributed by atoms with Crippen LogP contribution in [0.2, 0.25) is 0 Å². The van der Waals surface area contributed by atoms with E-state index in [1.807, 2.05) is 36.4 Å². The molecule has 0 bridgehead atoms. The molecular weight excluding hydrogens is 576 g/mol. The SMILES string of the molecule is CCOc1cc(/C=C2\SC(=O)N(CC(=O)Nc3cccc4ccccc34)C2=O)cc(Br)c1OCC(=O)OC. The Hall–Kier alpha value is -3.83. The zero-order valence-corrected chi connectivity index (χ0v) is 22.9.